The Kier molecular flexibility index (Phi) is 7.42. The van der Waals surface area contributed by atoms with Crippen LogP contribution in [0.1, 0.15) is 18.2 Å². The van der Waals surface area contributed by atoms with Crippen LogP contribution in [0.25, 0.3) is 104 Å². The molecule has 13 aromatic rings. The van der Waals surface area contributed by atoms with Crippen LogP contribution < -0.4 is 0 Å². The number of para-hydroxylation sites is 6. The molecule has 300 valence electrons. The van der Waals surface area contributed by atoms with Crippen molar-refractivity contribution < 1.29 is 0 Å². The monoisotopic (exact) mass is 818 g/mol. The Morgan fingerprint density at radius 3 is 1.25 bits per heavy atom. The lowest BCUT2D eigenvalue weighted by Crippen LogP contribution is -2.16. The third-order valence-electron chi connectivity index (χ3n) is 13.4. The summed E-state index contributed by atoms with van der Waals surface area (Å²) in [7, 11) is 0. The van der Waals surface area contributed by atoms with Crippen molar-refractivity contribution in [1.82, 2.24) is 23.3 Å². The van der Waals surface area contributed by atoms with Crippen molar-refractivity contribution in [2.24, 2.45) is 4.99 Å². The number of dihydropyridines is 1. The van der Waals surface area contributed by atoms with Crippen LogP contribution in [-0.2, 0) is 0 Å². The predicted octanol–water partition coefficient (Wildman–Crippen LogP) is 14.4. The van der Waals surface area contributed by atoms with E-state index in [9.17, 15) is 0 Å². The van der Waals surface area contributed by atoms with Crippen LogP contribution in [0.3, 0.4) is 0 Å². The number of pyridine rings is 1. The molecule has 0 bridgehead atoms. The molecular weight excluding hydrogens is 781 g/mol. The summed E-state index contributed by atoms with van der Waals surface area (Å²) in [6.45, 7) is 0. The lowest BCUT2D eigenvalue weighted by Gasteiger charge is -2.19. The molecule has 0 fully saturated rings. The van der Waals surface area contributed by atoms with E-state index in [1.807, 2.05) is 0 Å². The summed E-state index contributed by atoms with van der Waals surface area (Å²) in [5.74, 6) is 1.88. The first kappa shape index (κ1) is 35.2. The quantitative estimate of drug-likeness (QED) is 0.163. The minimum atomic E-state index is -0.257. The van der Waals surface area contributed by atoms with E-state index in [0.717, 1.165) is 50.8 Å². The SMILES string of the molecule is C1=CC(c2cccc(-n3c4ccccc4c4c5c6ccccc6n(-c6ccccc6)c5ccc43)n2)N=C(n2c3ccccc3c3c4c5ccccc5n(-c5ccccc5)c4ccc32)C1. The van der Waals surface area contributed by atoms with E-state index in [4.69, 9.17) is 9.98 Å². The van der Waals surface area contributed by atoms with Gasteiger partial charge in [-0.25, -0.2) is 4.98 Å². The van der Waals surface area contributed by atoms with Crippen LogP contribution in [0.5, 0.6) is 0 Å². The molecular formula is C58H38N6. The number of rotatable bonds is 4. The standard InChI is InChI=1S/C58H38N6/c1-3-17-37(18-4-1)61-45-27-11-7-21-39(45)55-49(61)33-35-51-57(55)41-23-9-13-29-47(41)63(51)53-31-15-25-43(59-53)44-26-16-32-54(60-44)64-48-30-14-10-24-42(48)58-52(64)36-34-50-56(58)40-22-8-12-28-46(40)62(50)38-19-5-2-6-20-38/h1-31,33-36,44H,32H2. The minimum Gasteiger partial charge on any atom is -0.309 e. The van der Waals surface area contributed by atoms with Crippen LogP contribution in [0.2, 0.25) is 0 Å². The van der Waals surface area contributed by atoms with Crippen molar-refractivity contribution in [2.45, 2.75) is 12.5 Å². The van der Waals surface area contributed by atoms with Gasteiger partial charge in [0.25, 0.3) is 0 Å². The zero-order valence-corrected chi connectivity index (χ0v) is 34.7. The van der Waals surface area contributed by atoms with Gasteiger partial charge in [-0.15, -0.1) is 0 Å². The number of aliphatic imine (C=N–C) groups is 1. The normalized spacial score (nSPS) is 14.4. The molecule has 8 aromatic carbocycles. The lowest BCUT2D eigenvalue weighted by molar-refractivity contribution is 0.824. The average Bonchev–Trinajstić information content (AvgIpc) is 4.09. The molecule has 6 nitrogen and oxygen atoms in total. The maximum Gasteiger partial charge on any atom is 0.137 e. The summed E-state index contributed by atoms with van der Waals surface area (Å²) in [5, 5.41) is 9.90. The maximum atomic E-state index is 5.56. The summed E-state index contributed by atoms with van der Waals surface area (Å²) < 4.78 is 9.52. The first-order valence-electron chi connectivity index (χ1n) is 22.0. The summed E-state index contributed by atoms with van der Waals surface area (Å²) in [5.41, 5.74) is 12.5. The molecule has 1 atom stereocenters. The van der Waals surface area contributed by atoms with Gasteiger partial charge in [0, 0.05) is 60.9 Å². The molecule has 0 amide bonds. The van der Waals surface area contributed by atoms with Crippen LogP contribution in [0.15, 0.2) is 217 Å². The molecule has 1 aliphatic rings. The van der Waals surface area contributed by atoms with Crippen molar-refractivity contribution in [3.8, 4) is 17.2 Å². The van der Waals surface area contributed by atoms with Crippen LogP contribution >= 0.6 is 0 Å². The second-order valence-electron chi connectivity index (χ2n) is 16.8. The van der Waals surface area contributed by atoms with E-state index in [1.165, 1.54) is 65.2 Å². The highest BCUT2D eigenvalue weighted by Crippen LogP contribution is 2.44. The molecule has 64 heavy (non-hydrogen) atoms. The number of nitrogens with zero attached hydrogens (tertiary/aromatic N) is 6. The number of hydrogen-bond acceptors (Lipinski definition) is 2. The minimum absolute atomic E-state index is 0.257. The van der Waals surface area contributed by atoms with E-state index < -0.39 is 0 Å². The van der Waals surface area contributed by atoms with E-state index in [2.05, 4.69) is 231 Å². The van der Waals surface area contributed by atoms with Crippen LogP contribution in [-0.4, -0.2) is 29.1 Å². The Balaban J connectivity index is 0.941. The van der Waals surface area contributed by atoms with Gasteiger partial charge >= 0.3 is 0 Å². The van der Waals surface area contributed by atoms with Crippen molar-refractivity contribution in [3.05, 3.63) is 218 Å². The second-order valence-corrected chi connectivity index (χ2v) is 16.8. The third kappa shape index (κ3) is 4.90. The highest BCUT2D eigenvalue weighted by Gasteiger charge is 2.25. The van der Waals surface area contributed by atoms with E-state index in [0.29, 0.717) is 6.42 Å². The van der Waals surface area contributed by atoms with Crippen LogP contribution in [0, 0.1) is 0 Å². The molecule has 5 aromatic heterocycles. The number of hydrogen-bond donors (Lipinski definition) is 0. The van der Waals surface area contributed by atoms with Crippen molar-refractivity contribution >= 4 is 93.1 Å². The number of allylic oxidation sites excluding steroid dienone is 1. The smallest absolute Gasteiger partial charge is 0.137 e. The van der Waals surface area contributed by atoms with Gasteiger partial charge in [0.2, 0.25) is 0 Å². The second kappa shape index (κ2) is 13.5. The molecule has 0 aliphatic carbocycles. The molecule has 6 heteroatoms. The first-order chi connectivity index (χ1) is 31.8. The summed E-state index contributed by atoms with van der Waals surface area (Å²) in [6.07, 6.45) is 5.19. The Morgan fingerprint density at radius 2 is 0.750 bits per heavy atom. The van der Waals surface area contributed by atoms with Gasteiger partial charge in [0.1, 0.15) is 17.7 Å². The molecule has 0 spiro atoms. The van der Waals surface area contributed by atoms with E-state index >= 15 is 0 Å². The van der Waals surface area contributed by atoms with Gasteiger partial charge < -0.3 is 9.13 Å². The molecule has 0 radical (unpaired) electrons. The van der Waals surface area contributed by atoms with Crippen molar-refractivity contribution in [2.75, 3.05) is 0 Å². The molecule has 0 saturated heterocycles. The van der Waals surface area contributed by atoms with Crippen LogP contribution in [0.4, 0.5) is 0 Å². The summed E-state index contributed by atoms with van der Waals surface area (Å²) >= 11 is 0. The van der Waals surface area contributed by atoms with Gasteiger partial charge in [-0.2, -0.15) is 0 Å². The average molecular weight is 819 g/mol. The summed E-state index contributed by atoms with van der Waals surface area (Å²) in [6, 6.07) is 71.8. The molecule has 0 saturated carbocycles. The Hall–Kier alpha value is -8.48. The third-order valence-corrected chi connectivity index (χ3v) is 13.4. The molecule has 14 rings (SSSR count). The number of benzene rings is 8. The fourth-order valence-electron chi connectivity index (χ4n) is 10.9. The fourth-order valence-corrected chi connectivity index (χ4v) is 10.9. The number of aromatic nitrogens is 5. The fraction of sp³-hybridized carbons (Fsp3) is 0.0345. The molecule has 6 heterocycles. The lowest BCUT2D eigenvalue weighted by atomic mass is 10.1. The Bertz CT molecular complexity index is 4100. The largest absolute Gasteiger partial charge is 0.309 e. The zero-order valence-electron chi connectivity index (χ0n) is 34.7. The molecule has 1 unspecified atom stereocenters. The highest BCUT2D eigenvalue weighted by molar-refractivity contribution is 6.31. The zero-order chi connectivity index (χ0) is 41.9. The van der Waals surface area contributed by atoms with Gasteiger partial charge in [-0.1, -0.05) is 127 Å². The molecule has 1 aliphatic heterocycles. The van der Waals surface area contributed by atoms with E-state index in [1.54, 1.807) is 0 Å². The van der Waals surface area contributed by atoms with Gasteiger partial charge in [-0.05, 0) is 84.9 Å². The summed E-state index contributed by atoms with van der Waals surface area (Å²) in [4.78, 5) is 11.0. The van der Waals surface area contributed by atoms with E-state index in [-0.39, 0.29) is 6.04 Å². The molecule has 0 N–H and O–H groups in total. The Morgan fingerprint density at radius 1 is 0.344 bits per heavy atom. The first-order valence-corrected chi connectivity index (χ1v) is 22.0. The van der Waals surface area contributed by atoms with Gasteiger partial charge in [0.15, 0.2) is 0 Å². The topological polar surface area (TPSA) is 45.0 Å². The maximum absolute atomic E-state index is 5.56. The number of fused-ring (bicyclic) bond motifs is 14. The van der Waals surface area contributed by atoms with Crippen molar-refractivity contribution in [1.29, 1.82) is 0 Å². The van der Waals surface area contributed by atoms with Gasteiger partial charge in [0.05, 0.1) is 49.8 Å². The van der Waals surface area contributed by atoms with Gasteiger partial charge in [-0.3, -0.25) is 14.1 Å². The Labute approximate surface area is 367 Å². The predicted molar refractivity (Wildman–Crippen MR) is 266 cm³/mol. The highest BCUT2D eigenvalue weighted by atomic mass is 15.1. The van der Waals surface area contributed by atoms with Crippen molar-refractivity contribution in [3.63, 3.8) is 0 Å².